The molecule has 0 radical (unpaired) electrons. The van der Waals surface area contributed by atoms with E-state index in [-0.39, 0.29) is 11.0 Å². The Morgan fingerprint density at radius 1 is 1.33 bits per heavy atom. The number of hydrogen-bond acceptors (Lipinski definition) is 3. The minimum atomic E-state index is -0.108. The van der Waals surface area contributed by atoms with E-state index in [9.17, 15) is 0 Å². The van der Waals surface area contributed by atoms with Gasteiger partial charge in [0.2, 0.25) is 0 Å². The third kappa shape index (κ3) is 2.13. The van der Waals surface area contributed by atoms with Gasteiger partial charge in [0.05, 0.1) is 19.8 Å². The average molecular weight is 247 g/mol. The first-order valence-electron chi connectivity index (χ1n) is 6.70. The van der Waals surface area contributed by atoms with Crippen LogP contribution >= 0.6 is 0 Å². The van der Waals surface area contributed by atoms with Crippen molar-refractivity contribution in [2.75, 3.05) is 19.8 Å². The number of rotatable bonds is 4. The summed E-state index contributed by atoms with van der Waals surface area (Å²) < 4.78 is 11.1. The van der Waals surface area contributed by atoms with E-state index < -0.39 is 0 Å². The van der Waals surface area contributed by atoms with Crippen molar-refractivity contribution in [2.24, 2.45) is 11.1 Å². The van der Waals surface area contributed by atoms with Crippen LogP contribution in [0.25, 0.3) is 0 Å². The Bertz CT molecular complexity index is 436. The van der Waals surface area contributed by atoms with E-state index in [1.165, 1.54) is 12.0 Å². The molecule has 1 aromatic carbocycles. The Morgan fingerprint density at radius 3 is 2.67 bits per heavy atom. The van der Waals surface area contributed by atoms with Gasteiger partial charge in [-0.25, -0.2) is 0 Å². The third-order valence-corrected chi connectivity index (χ3v) is 4.14. The molecule has 1 aliphatic carbocycles. The molecule has 0 aromatic heterocycles. The Labute approximate surface area is 108 Å². The van der Waals surface area contributed by atoms with Crippen LogP contribution in [0.2, 0.25) is 0 Å². The second-order valence-electron chi connectivity index (χ2n) is 6.13. The second-order valence-corrected chi connectivity index (χ2v) is 6.13. The quantitative estimate of drug-likeness (QED) is 0.888. The van der Waals surface area contributed by atoms with Crippen LogP contribution in [-0.4, -0.2) is 19.8 Å². The van der Waals surface area contributed by atoms with Crippen LogP contribution < -0.4 is 10.5 Å². The van der Waals surface area contributed by atoms with Gasteiger partial charge in [-0.1, -0.05) is 19.1 Å². The first-order valence-corrected chi connectivity index (χ1v) is 6.70. The van der Waals surface area contributed by atoms with Gasteiger partial charge in [0, 0.05) is 11.0 Å². The summed E-state index contributed by atoms with van der Waals surface area (Å²) in [5.74, 6) is 0.928. The van der Waals surface area contributed by atoms with Crippen molar-refractivity contribution < 1.29 is 9.47 Å². The number of nitrogens with two attached hydrogens (primary N) is 1. The van der Waals surface area contributed by atoms with E-state index in [2.05, 4.69) is 19.1 Å². The van der Waals surface area contributed by atoms with Crippen LogP contribution in [0.5, 0.6) is 5.75 Å². The summed E-state index contributed by atoms with van der Waals surface area (Å²) in [5, 5.41) is 0. The molecule has 3 heteroatoms. The Kier molecular flexibility index (Phi) is 2.83. The van der Waals surface area contributed by atoms with Crippen LogP contribution in [-0.2, 0) is 10.3 Å². The van der Waals surface area contributed by atoms with Gasteiger partial charge in [-0.2, -0.15) is 0 Å². The predicted octanol–water partition coefficient (Wildman–Crippen LogP) is 2.44. The molecule has 3 nitrogen and oxygen atoms in total. The summed E-state index contributed by atoms with van der Waals surface area (Å²) >= 11 is 0. The van der Waals surface area contributed by atoms with Crippen LogP contribution in [0.1, 0.15) is 31.7 Å². The zero-order chi connectivity index (χ0) is 12.6. The molecule has 0 spiro atoms. The smallest absolute Gasteiger partial charge is 0.119 e. The van der Waals surface area contributed by atoms with Crippen molar-refractivity contribution in [1.82, 2.24) is 0 Å². The lowest BCUT2D eigenvalue weighted by Crippen LogP contribution is -2.44. The van der Waals surface area contributed by atoms with Crippen molar-refractivity contribution in [1.29, 1.82) is 0 Å². The fourth-order valence-electron chi connectivity index (χ4n) is 2.53. The van der Waals surface area contributed by atoms with Crippen LogP contribution in [0.3, 0.4) is 0 Å². The summed E-state index contributed by atoms with van der Waals surface area (Å²) in [4.78, 5) is 0. The Hall–Kier alpha value is -1.06. The van der Waals surface area contributed by atoms with Gasteiger partial charge in [0.25, 0.3) is 0 Å². The summed E-state index contributed by atoms with van der Waals surface area (Å²) in [5.41, 5.74) is 7.63. The standard InChI is InChI=1S/C15H21NO2/c1-14(9-17-10-14)11-18-13-5-2-4-12(8-13)15(16)6-3-7-15/h2,4-5,8H,3,6-7,9-11,16H2,1H3. The Morgan fingerprint density at radius 2 is 2.11 bits per heavy atom. The van der Waals surface area contributed by atoms with Crippen molar-refractivity contribution in [3.05, 3.63) is 29.8 Å². The molecule has 2 fully saturated rings. The SMILES string of the molecule is CC1(COc2cccc(C3(N)CCC3)c2)COC1. The molecule has 98 valence electrons. The zero-order valence-electron chi connectivity index (χ0n) is 10.9. The lowest BCUT2D eigenvalue weighted by Gasteiger charge is -2.39. The molecular formula is C15H21NO2. The molecule has 1 aromatic rings. The fraction of sp³-hybridized carbons (Fsp3) is 0.600. The van der Waals surface area contributed by atoms with Gasteiger partial charge in [-0.3, -0.25) is 0 Å². The van der Waals surface area contributed by atoms with Crippen LogP contribution in [0.15, 0.2) is 24.3 Å². The van der Waals surface area contributed by atoms with E-state index in [1.807, 2.05) is 12.1 Å². The maximum Gasteiger partial charge on any atom is 0.119 e. The van der Waals surface area contributed by atoms with E-state index >= 15 is 0 Å². The topological polar surface area (TPSA) is 44.5 Å². The summed E-state index contributed by atoms with van der Waals surface area (Å²) in [6, 6.07) is 8.26. The monoisotopic (exact) mass is 247 g/mol. The number of benzene rings is 1. The first-order chi connectivity index (χ1) is 8.60. The molecule has 0 atom stereocenters. The highest BCUT2D eigenvalue weighted by Crippen LogP contribution is 2.39. The maximum absolute atomic E-state index is 6.34. The largest absolute Gasteiger partial charge is 0.493 e. The molecular weight excluding hydrogens is 226 g/mol. The average Bonchev–Trinajstić information content (AvgIpc) is 2.31. The Balaban J connectivity index is 1.67. The van der Waals surface area contributed by atoms with E-state index in [4.69, 9.17) is 15.2 Å². The summed E-state index contributed by atoms with van der Waals surface area (Å²) in [6.45, 7) is 4.51. The first kappa shape index (κ1) is 12.0. The fourth-order valence-corrected chi connectivity index (χ4v) is 2.53. The molecule has 0 amide bonds. The molecule has 2 N–H and O–H groups in total. The van der Waals surface area contributed by atoms with E-state index in [0.717, 1.165) is 31.8 Å². The molecule has 1 saturated heterocycles. The predicted molar refractivity (Wildman–Crippen MR) is 70.6 cm³/mol. The molecule has 2 aliphatic rings. The van der Waals surface area contributed by atoms with Gasteiger partial charge in [0.1, 0.15) is 5.75 Å². The van der Waals surface area contributed by atoms with Crippen LogP contribution in [0, 0.1) is 5.41 Å². The summed E-state index contributed by atoms with van der Waals surface area (Å²) in [6.07, 6.45) is 3.40. The highest BCUT2D eigenvalue weighted by atomic mass is 16.5. The molecule has 1 saturated carbocycles. The van der Waals surface area contributed by atoms with Gasteiger partial charge >= 0.3 is 0 Å². The van der Waals surface area contributed by atoms with Crippen molar-refractivity contribution in [3.8, 4) is 5.75 Å². The van der Waals surface area contributed by atoms with Gasteiger partial charge in [-0.15, -0.1) is 0 Å². The molecule has 1 heterocycles. The van der Waals surface area contributed by atoms with Gasteiger partial charge in [-0.05, 0) is 37.0 Å². The van der Waals surface area contributed by atoms with E-state index in [0.29, 0.717) is 6.61 Å². The molecule has 0 unspecified atom stereocenters. The normalized spacial score (nSPS) is 23.9. The van der Waals surface area contributed by atoms with Crippen LogP contribution in [0.4, 0.5) is 0 Å². The molecule has 18 heavy (non-hydrogen) atoms. The van der Waals surface area contributed by atoms with E-state index in [1.54, 1.807) is 0 Å². The lowest BCUT2D eigenvalue weighted by molar-refractivity contribution is -0.120. The van der Waals surface area contributed by atoms with Crippen molar-refractivity contribution >= 4 is 0 Å². The van der Waals surface area contributed by atoms with Crippen molar-refractivity contribution in [2.45, 2.75) is 31.7 Å². The lowest BCUT2D eigenvalue weighted by atomic mass is 9.73. The highest BCUT2D eigenvalue weighted by molar-refractivity contribution is 5.34. The maximum atomic E-state index is 6.34. The molecule has 0 bridgehead atoms. The molecule has 1 aliphatic heterocycles. The zero-order valence-corrected chi connectivity index (χ0v) is 10.9. The second kappa shape index (κ2) is 4.25. The summed E-state index contributed by atoms with van der Waals surface area (Å²) in [7, 11) is 0. The minimum Gasteiger partial charge on any atom is -0.493 e. The number of hydrogen-bond donors (Lipinski definition) is 1. The number of ether oxygens (including phenoxy) is 2. The van der Waals surface area contributed by atoms with Crippen molar-refractivity contribution in [3.63, 3.8) is 0 Å². The minimum absolute atomic E-state index is 0.108. The third-order valence-electron chi connectivity index (χ3n) is 4.14. The highest BCUT2D eigenvalue weighted by Gasteiger charge is 2.35. The van der Waals surface area contributed by atoms with Gasteiger partial charge < -0.3 is 15.2 Å². The van der Waals surface area contributed by atoms with Gasteiger partial charge in [0.15, 0.2) is 0 Å². The molecule has 3 rings (SSSR count).